The molecule has 1 rings (SSSR count). The summed E-state index contributed by atoms with van der Waals surface area (Å²) in [6.07, 6.45) is 1.47. The summed E-state index contributed by atoms with van der Waals surface area (Å²) in [7, 11) is 0. The van der Waals surface area contributed by atoms with Crippen molar-refractivity contribution in [2.24, 2.45) is 0 Å². The Morgan fingerprint density at radius 3 is 2.44 bits per heavy atom. The monoisotopic (exact) mass is 348 g/mol. The van der Waals surface area contributed by atoms with Crippen molar-refractivity contribution in [3.63, 3.8) is 0 Å². The minimum absolute atomic E-state index is 0.0290. The molecule has 0 radical (unpaired) electrons. The predicted octanol–water partition coefficient (Wildman–Crippen LogP) is 0.546. The van der Waals surface area contributed by atoms with Crippen molar-refractivity contribution in [2.45, 2.75) is 32.7 Å². The van der Waals surface area contributed by atoms with Crippen molar-refractivity contribution < 1.29 is 23.9 Å². The van der Waals surface area contributed by atoms with Gasteiger partial charge < -0.3 is 15.4 Å². The second-order valence-electron chi connectivity index (χ2n) is 5.67. The first-order valence-electron chi connectivity index (χ1n) is 8.11. The van der Waals surface area contributed by atoms with Gasteiger partial charge in [0.15, 0.2) is 0 Å². The number of nitrogens with one attached hydrogen (secondary N) is 2. The average Bonchev–Trinajstić information content (AvgIpc) is 2.56. The van der Waals surface area contributed by atoms with Gasteiger partial charge in [0.05, 0.1) is 6.42 Å². The van der Waals surface area contributed by atoms with Gasteiger partial charge in [0.25, 0.3) is 0 Å². The van der Waals surface area contributed by atoms with E-state index in [9.17, 15) is 19.2 Å². The molecule has 0 aliphatic carbocycles. The van der Waals surface area contributed by atoms with Gasteiger partial charge in [-0.25, -0.2) is 0 Å². The highest BCUT2D eigenvalue weighted by molar-refractivity contribution is 5.98. The van der Waals surface area contributed by atoms with Crippen molar-refractivity contribution in [1.29, 1.82) is 0 Å². The summed E-state index contributed by atoms with van der Waals surface area (Å²) in [6, 6.07) is 7.30. The van der Waals surface area contributed by atoms with Crippen LogP contribution in [0.5, 0.6) is 0 Å². The van der Waals surface area contributed by atoms with Gasteiger partial charge in [-0.05, 0) is 24.5 Å². The normalized spacial score (nSPS) is 10.1. The highest BCUT2D eigenvalue weighted by Gasteiger charge is 2.07. The van der Waals surface area contributed by atoms with Crippen LogP contribution < -0.4 is 10.6 Å². The number of ketones is 2. The Hall–Kier alpha value is -2.54. The Kier molecular flexibility index (Phi) is 9.77. The predicted molar refractivity (Wildman–Crippen MR) is 91.8 cm³/mol. The van der Waals surface area contributed by atoms with E-state index in [1.165, 1.54) is 6.92 Å². The maximum absolute atomic E-state index is 11.6. The molecule has 0 heterocycles. The van der Waals surface area contributed by atoms with Gasteiger partial charge in [-0.2, -0.15) is 0 Å². The third kappa shape index (κ3) is 10.0. The molecule has 2 amide bonds. The van der Waals surface area contributed by atoms with E-state index in [0.29, 0.717) is 32.5 Å². The summed E-state index contributed by atoms with van der Waals surface area (Å²) >= 11 is 0. The third-order valence-corrected chi connectivity index (χ3v) is 3.29. The zero-order valence-corrected chi connectivity index (χ0v) is 14.4. The summed E-state index contributed by atoms with van der Waals surface area (Å²) in [5.41, 5.74) is 1.75. The minimum atomic E-state index is -0.218. The maximum Gasteiger partial charge on any atom is 0.246 e. The van der Waals surface area contributed by atoms with Gasteiger partial charge in [0, 0.05) is 26.1 Å². The lowest BCUT2D eigenvalue weighted by Gasteiger charge is -2.07. The largest absolute Gasteiger partial charge is 0.372 e. The van der Waals surface area contributed by atoms with Gasteiger partial charge in [-0.15, -0.1) is 0 Å². The fourth-order valence-corrected chi connectivity index (χ4v) is 2.09. The van der Waals surface area contributed by atoms with Crippen LogP contribution >= 0.6 is 0 Å². The number of rotatable bonds is 13. The molecule has 0 bridgehead atoms. The van der Waals surface area contributed by atoms with Crippen molar-refractivity contribution in [3.05, 3.63) is 35.4 Å². The number of carbonyl (C=O) groups is 4. The first kappa shape index (κ1) is 20.5. The topological polar surface area (TPSA) is 102 Å². The van der Waals surface area contributed by atoms with Crippen LogP contribution in [-0.4, -0.2) is 43.6 Å². The van der Waals surface area contributed by atoms with Gasteiger partial charge in [0.1, 0.15) is 18.2 Å². The summed E-state index contributed by atoms with van der Waals surface area (Å²) in [6.45, 7) is 2.66. The van der Waals surface area contributed by atoms with Crippen molar-refractivity contribution in [2.75, 3.05) is 19.8 Å². The SMILES string of the molecule is CC(=O)CC(=O)Cc1ccc(CNC(=O)COCCCNC=O)cc1. The fraction of sp³-hybridized carbons (Fsp3) is 0.444. The van der Waals surface area contributed by atoms with Crippen LogP contribution in [0.4, 0.5) is 0 Å². The second-order valence-corrected chi connectivity index (χ2v) is 5.67. The number of amides is 2. The Labute approximate surface area is 147 Å². The Morgan fingerprint density at radius 1 is 1.12 bits per heavy atom. The molecule has 0 fully saturated rings. The molecule has 2 N–H and O–H groups in total. The fourth-order valence-electron chi connectivity index (χ4n) is 2.09. The molecular formula is C18H24N2O5. The zero-order valence-electron chi connectivity index (χ0n) is 14.4. The molecule has 7 heteroatoms. The molecule has 0 unspecified atom stereocenters. The third-order valence-electron chi connectivity index (χ3n) is 3.29. The molecule has 1 aromatic rings. The Balaban J connectivity index is 2.24. The lowest BCUT2D eigenvalue weighted by Crippen LogP contribution is -2.27. The number of hydrogen-bond donors (Lipinski definition) is 2. The van der Waals surface area contributed by atoms with E-state index in [1.54, 1.807) is 0 Å². The summed E-state index contributed by atoms with van der Waals surface area (Å²) < 4.78 is 5.19. The molecule has 0 aromatic heterocycles. The van der Waals surface area contributed by atoms with Crippen LogP contribution in [0.1, 0.15) is 30.9 Å². The van der Waals surface area contributed by atoms with E-state index in [-0.39, 0.29) is 36.9 Å². The van der Waals surface area contributed by atoms with Crippen LogP contribution in [0, 0.1) is 0 Å². The van der Waals surface area contributed by atoms with Crippen molar-refractivity contribution in [3.8, 4) is 0 Å². The summed E-state index contributed by atoms with van der Waals surface area (Å²) in [4.78, 5) is 44.2. The van der Waals surface area contributed by atoms with Crippen molar-refractivity contribution >= 4 is 23.9 Å². The molecule has 0 aliphatic heterocycles. The highest BCUT2D eigenvalue weighted by atomic mass is 16.5. The van der Waals surface area contributed by atoms with Crippen LogP contribution in [-0.2, 0) is 36.9 Å². The molecule has 0 saturated heterocycles. The molecule has 1 aromatic carbocycles. The first-order valence-corrected chi connectivity index (χ1v) is 8.11. The molecule has 7 nitrogen and oxygen atoms in total. The maximum atomic E-state index is 11.6. The van der Waals surface area contributed by atoms with Gasteiger partial charge in [-0.3, -0.25) is 19.2 Å². The van der Waals surface area contributed by atoms with Crippen molar-refractivity contribution in [1.82, 2.24) is 10.6 Å². The van der Waals surface area contributed by atoms with Gasteiger partial charge in [-0.1, -0.05) is 24.3 Å². The first-order chi connectivity index (χ1) is 12.0. The van der Waals surface area contributed by atoms with Crippen LogP contribution in [0.25, 0.3) is 0 Å². The summed E-state index contributed by atoms with van der Waals surface area (Å²) in [5, 5.41) is 5.25. The number of carbonyl (C=O) groups excluding carboxylic acids is 4. The van der Waals surface area contributed by atoms with E-state index >= 15 is 0 Å². The van der Waals surface area contributed by atoms with Crippen LogP contribution in [0.15, 0.2) is 24.3 Å². The van der Waals surface area contributed by atoms with Gasteiger partial charge >= 0.3 is 0 Å². The van der Waals surface area contributed by atoms with Gasteiger partial charge in [0.2, 0.25) is 12.3 Å². The quantitative estimate of drug-likeness (QED) is 0.308. The molecule has 0 atom stereocenters. The number of ether oxygens (including phenoxy) is 1. The lowest BCUT2D eigenvalue weighted by atomic mass is 10.0. The van der Waals surface area contributed by atoms with Crippen LogP contribution in [0.3, 0.4) is 0 Å². The molecule has 0 aliphatic rings. The van der Waals surface area contributed by atoms with E-state index < -0.39 is 0 Å². The number of Topliss-reactive ketones (excluding diaryl/α,β-unsaturated/α-hetero) is 2. The van der Waals surface area contributed by atoms with E-state index in [1.807, 2.05) is 24.3 Å². The van der Waals surface area contributed by atoms with E-state index in [2.05, 4.69) is 10.6 Å². The Morgan fingerprint density at radius 2 is 1.80 bits per heavy atom. The lowest BCUT2D eigenvalue weighted by molar-refractivity contribution is -0.126. The molecule has 25 heavy (non-hydrogen) atoms. The Bertz CT molecular complexity index is 584. The van der Waals surface area contributed by atoms with E-state index in [0.717, 1.165) is 11.1 Å². The molecular weight excluding hydrogens is 324 g/mol. The van der Waals surface area contributed by atoms with E-state index in [4.69, 9.17) is 4.74 Å². The highest BCUT2D eigenvalue weighted by Crippen LogP contribution is 2.06. The standard InChI is InChI=1S/C18H24N2O5/c1-14(22)9-17(23)10-15-3-5-16(6-4-15)11-20-18(24)12-25-8-2-7-19-13-21/h3-6,13H,2,7-12H2,1H3,(H,19,21)(H,20,24). The van der Waals surface area contributed by atoms with Crippen LogP contribution in [0.2, 0.25) is 0 Å². The smallest absolute Gasteiger partial charge is 0.246 e. The average molecular weight is 348 g/mol. The summed E-state index contributed by atoms with van der Waals surface area (Å²) in [5.74, 6) is -0.454. The second kappa shape index (κ2) is 11.9. The minimum Gasteiger partial charge on any atom is -0.372 e. The molecule has 0 saturated carbocycles. The number of benzene rings is 1. The molecule has 136 valence electrons. The number of hydrogen-bond acceptors (Lipinski definition) is 5. The zero-order chi connectivity index (χ0) is 18.5. The molecule has 0 spiro atoms.